The Hall–Kier alpha value is -4.60. The van der Waals surface area contributed by atoms with Gasteiger partial charge in [0.1, 0.15) is 11.5 Å². The molecule has 150 valence electrons. The minimum Gasteiger partial charge on any atom is -0.423 e. The molecule has 0 saturated carbocycles. The van der Waals surface area contributed by atoms with Gasteiger partial charge in [-0.05, 0) is 48.5 Å². The summed E-state index contributed by atoms with van der Waals surface area (Å²) in [6.07, 6.45) is 0. The Labute approximate surface area is 168 Å². The van der Waals surface area contributed by atoms with E-state index in [0.717, 1.165) is 0 Å². The van der Waals surface area contributed by atoms with E-state index in [1.807, 2.05) is 0 Å². The molecule has 10 heteroatoms. The van der Waals surface area contributed by atoms with Crippen molar-refractivity contribution in [1.82, 2.24) is 0 Å². The molecule has 0 heterocycles. The lowest BCUT2D eigenvalue weighted by Gasteiger charge is -2.06. The van der Waals surface area contributed by atoms with Crippen molar-refractivity contribution >= 4 is 23.3 Å². The third-order valence-electron chi connectivity index (χ3n) is 3.87. The topological polar surface area (TPSA) is 139 Å². The first-order chi connectivity index (χ1) is 14.3. The van der Waals surface area contributed by atoms with E-state index in [0.29, 0.717) is 0 Å². The fourth-order valence-electron chi connectivity index (χ4n) is 2.35. The van der Waals surface area contributed by atoms with Crippen molar-refractivity contribution in [1.29, 1.82) is 0 Å². The third kappa shape index (κ3) is 4.81. The third-order valence-corrected chi connectivity index (χ3v) is 3.87. The van der Waals surface area contributed by atoms with E-state index < -0.39 is 21.8 Å². The number of non-ortho nitro benzene ring substituents is 2. The normalized spacial score (nSPS) is 10.1. The van der Waals surface area contributed by atoms with E-state index in [1.165, 1.54) is 72.8 Å². The second kappa shape index (κ2) is 8.61. The van der Waals surface area contributed by atoms with Gasteiger partial charge in [-0.1, -0.05) is 0 Å². The van der Waals surface area contributed by atoms with Gasteiger partial charge in [0.15, 0.2) is 0 Å². The highest BCUT2D eigenvalue weighted by atomic mass is 16.6. The zero-order chi connectivity index (χ0) is 21.7. The number of rotatable bonds is 6. The van der Waals surface area contributed by atoms with Crippen molar-refractivity contribution in [2.45, 2.75) is 0 Å². The predicted molar refractivity (Wildman–Crippen MR) is 103 cm³/mol. The summed E-state index contributed by atoms with van der Waals surface area (Å²) in [6.45, 7) is 0. The number of esters is 2. The van der Waals surface area contributed by atoms with Gasteiger partial charge in [0.05, 0.1) is 21.0 Å². The Morgan fingerprint density at radius 1 is 0.567 bits per heavy atom. The predicted octanol–water partition coefficient (Wildman–Crippen LogP) is 3.94. The van der Waals surface area contributed by atoms with Crippen LogP contribution in [0.2, 0.25) is 0 Å². The lowest BCUT2D eigenvalue weighted by Crippen LogP contribution is -2.10. The number of nitrogens with zero attached hydrogens (tertiary/aromatic N) is 2. The van der Waals surface area contributed by atoms with E-state index in [-0.39, 0.29) is 34.0 Å². The SMILES string of the molecule is O=C(Oc1ccc([N+](=O)[O-])cc1)c1ccc(OC(=O)c2ccc([N+](=O)[O-])cc2)cc1. The van der Waals surface area contributed by atoms with Gasteiger partial charge in [0, 0.05) is 24.3 Å². The standard InChI is InChI=1S/C20H12N2O8/c23-19(13-1-5-15(6-2-13)21(25)26)29-17-9-3-14(4-10-17)20(24)30-18-11-7-16(8-12-18)22(27)28/h1-12H. The molecule has 0 amide bonds. The summed E-state index contributed by atoms with van der Waals surface area (Å²) in [5, 5.41) is 21.3. The highest BCUT2D eigenvalue weighted by Gasteiger charge is 2.14. The van der Waals surface area contributed by atoms with Crippen molar-refractivity contribution in [2.75, 3.05) is 0 Å². The molecule has 0 aromatic heterocycles. The maximum Gasteiger partial charge on any atom is 0.343 e. The molecule has 0 spiro atoms. The van der Waals surface area contributed by atoms with Gasteiger partial charge in [-0.3, -0.25) is 20.2 Å². The Morgan fingerprint density at radius 3 is 1.23 bits per heavy atom. The molecule has 0 N–H and O–H groups in total. The number of benzene rings is 3. The molecular formula is C20H12N2O8. The number of nitro groups is 2. The molecule has 0 unspecified atom stereocenters. The Bertz CT molecular complexity index is 1110. The van der Waals surface area contributed by atoms with E-state index in [4.69, 9.17) is 9.47 Å². The number of ether oxygens (including phenoxy) is 2. The second-order valence-electron chi connectivity index (χ2n) is 5.86. The van der Waals surface area contributed by atoms with Crippen molar-refractivity contribution in [3.05, 3.63) is 104 Å². The molecule has 0 radical (unpaired) electrons. The van der Waals surface area contributed by atoms with Crippen LogP contribution >= 0.6 is 0 Å². The van der Waals surface area contributed by atoms with Crippen molar-refractivity contribution in [3.63, 3.8) is 0 Å². The number of hydrogen-bond donors (Lipinski definition) is 0. The molecule has 0 aliphatic heterocycles. The molecule has 3 aromatic carbocycles. The smallest absolute Gasteiger partial charge is 0.343 e. The molecule has 3 aromatic rings. The quantitative estimate of drug-likeness (QED) is 0.259. The first kappa shape index (κ1) is 20.1. The molecule has 0 aliphatic rings. The molecule has 3 rings (SSSR count). The van der Waals surface area contributed by atoms with Crippen LogP contribution < -0.4 is 9.47 Å². The summed E-state index contributed by atoms with van der Waals surface area (Å²) >= 11 is 0. The van der Waals surface area contributed by atoms with Gasteiger partial charge in [-0.2, -0.15) is 0 Å². The van der Waals surface area contributed by atoms with Crippen LogP contribution in [0.4, 0.5) is 11.4 Å². The van der Waals surface area contributed by atoms with E-state index in [1.54, 1.807) is 0 Å². The maximum atomic E-state index is 12.2. The molecule has 0 fully saturated rings. The van der Waals surface area contributed by atoms with E-state index in [9.17, 15) is 29.8 Å². The molecule has 0 saturated heterocycles. The minimum atomic E-state index is -0.717. The van der Waals surface area contributed by atoms with Crippen molar-refractivity contribution < 1.29 is 28.9 Å². The van der Waals surface area contributed by atoms with Crippen LogP contribution in [0.3, 0.4) is 0 Å². The van der Waals surface area contributed by atoms with Gasteiger partial charge in [-0.15, -0.1) is 0 Å². The first-order valence-corrected chi connectivity index (χ1v) is 8.37. The molecule has 0 bridgehead atoms. The van der Waals surface area contributed by atoms with Crippen LogP contribution in [-0.4, -0.2) is 21.8 Å². The largest absolute Gasteiger partial charge is 0.423 e. The first-order valence-electron chi connectivity index (χ1n) is 8.37. The van der Waals surface area contributed by atoms with Gasteiger partial charge in [-0.25, -0.2) is 9.59 Å². The summed E-state index contributed by atoms with van der Waals surface area (Å²) in [5.74, 6) is -1.12. The monoisotopic (exact) mass is 408 g/mol. The zero-order valence-corrected chi connectivity index (χ0v) is 15.1. The lowest BCUT2D eigenvalue weighted by atomic mass is 10.2. The van der Waals surface area contributed by atoms with Crippen LogP contribution in [0, 0.1) is 20.2 Å². The minimum absolute atomic E-state index is 0.127. The van der Waals surface area contributed by atoms with Crippen LogP contribution in [0.1, 0.15) is 20.7 Å². The summed E-state index contributed by atoms with van der Waals surface area (Å²) in [4.78, 5) is 44.4. The summed E-state index contributed by atoms with van der Waals surface area (Å²) in [7, 11) is 0. The summed E-state index contributed by atoms with van der Waals surface area (Å²) < 4.78 is 10.3. The zero-order valence-electron chi connectivity index (χ0n) is 15.1. The van der Waals surface area contributed by atoms with Gasteiger partial charge < -0.3 is 9.47 Å². The Morgan fingerprint density at radius 2 is 0.867 bits per heavy atom. The van der Waals surface area contributed by atoms with Gasteiger partial charge in [0.2, 0.25) is 0 Å². The van der Waals surface area contributed by atoms with E-state index in [2.05, 4.69) is 0 Å². The fourth-order valence-corrected chi connectivity index (χ4v) is 2.35. The number of nitro benzene ring substituents is 2. The highest BCUT2D eigenvalue weighted by Crippen LogP contribution is 2.20. The van der Waals surface area contributed by atoms with Gasteiger partial charge >= 0.3 is 11.9 Å². The lowest BCUT2D eigenvalue weighted by molar-refractivity contribution is -0.385. The van der Waals surface area contributed by atoms with Crippen LogP contribution in [0.5, 0.6) is 11.5 Å². The average molecular weight is 408 g/mol. The summed E-state index contributed by atoms with van der Waals surface area (Å²) in [6, 6.07) is 15.5. The number of hydrogen-bond acceptors (Lipinski definition) is 8. The molecular weight excluding hydrogens is 396 g/mol. The van der Waals surface area contributed by atoms with Crippen LogP contribution in [0.25, 0.3) is 0 Å². The fraction of sp³-hybridized carbons (Fsp3) is 0. The molecule has 30 heavy (non-hydrogen) atoms. The Kier molecular flexibility index (Phi) is 5.78. The van der Waals surface area contributed by atoms with Crippen molar-refractivity contribution in [3.8, 4) is 11.5 Å². The van der Waals surface area contributed by atoms with Crippen LogP contribution in [-0.2, 0) is 0 Å². The highest BCUT2D eigenvalue weighted by molar-refractivity contribution is 5.92. The molecule has 0 aliphatic carbocycles. The van der Waals surface area contributed by atoms with E-state index >= 15 is 0 Å². The molecule has 0 atom stereocenters. The molecule has 10 nitrogen and oxygen atoms in total. The number of carbonyl (C=O) groups is 2. The second-order valence-corrected chi connectivity index (χ2v) is 5.86. The maximum absolute atomic E-state index is 12.2. The van der Waals surface area contributed by atoms with Crippen LogP contribution in [0.15, 0.2) is 72.8 Å². The van der Waals surface area contributed by atoms with Gasteiger partial charge in [0.25, 0.3) is 11.4 Å². The van der Waals surface area contributed by atoms with Crippen molar-refractivity contribution in [2.24, 2.45) is 0 Å². The Balaban J connectivity index is 1.62. The summed E-state index contributed by atoms with van der Waals surface area (Å²) in [5.41, 5.74) is 0.0159. The number of carbonyl (C=O) groups excluding carboxylic acids is 2. The average Bonchev–Trinajstić information content (AvgIpc) is 2.74.